The van der Waals surface area contributed by atoms with Crippen molar-refractivity contribution in [1.29, 1.82) is 0 Å². The van der Waals surface area contributed by atoms with E-state index in [2.05, 4.69) is 15.9 Å². The van der Waals surface area contributed by atoms with Crippen LogP contribution in [0.25, 0.3) is 0 Å². The first kappa shape index (κ1) is 18.0. The molecule has 2 rings (SSSR count). The number of hydrogen-bond donors (Lipinski definition) is 1. The van der Waals surface area contributed by atoms with Crippen LogP contribution < -0.4 is 0 Å². The Bertz CT molecular complexity index is 575. The largest absolute Gasteiger partial charge is 0.481 e. The second kappa shape index (κ2) is 7.95. The molecule has 23 heavy (non-hydrogen) atoms. The highest BCUT2D eigenvalue weighted by atomic mass is 79.9. The van der Waals surface area contributed by atoms with Crippen LogP contribution in [0.5, 0.6) is 0 Å². The Morgan fingerprint density at radius 1 is 1.39 bits per heavy atom. The predicted octanol–water partition coefficient (Wildman–Crippen LogP) is 3.73. The third-order valence-electron chi connectivity index (χ3n) is 4.85. The monoisotopic (exact) mass is 381 g/mol. The fourth-order valence-corrected chi connectivity index (χ4v) is 3.80. The first-order valence-corrected chi connectivity index (χ1v) is 9.01. The van der Waals surface area contributed by atoms with Crippen molar-refractivity contribution in [2.75, 3.05) is 6.54 Å². The summed E-state index contributed by atoms with van der Waals surface area (Å²) < 4.78 is 1.02. The van der Waals surface area contributed by atoms with Crippen molar-refractivity contribution in [2.24, 2.45) is 11.8 Å². The van der Waals surface area contributed by atoms with Crippen LogP contribution in [0, 0.1) is 11.8 Å². The van der Waals surface area contributed by atoms with Gasteiger partial charge in [-0.15, -0.1) is 0 Å². The van der Waals surface area contributed by atoms with Crippen LogP contribution in [0.15, 0.2) is 28.7 Å². The van der Waals surface area contributed by atoms with Gasteiger partial charge in [0.15, 0.2) is 0 Å². The topological polar surface area (TPSA) is 57.6 Å². The molecule has 0 spiro atoms. The maximum absolute atomic E-state index is 12.9. The molecule has 1 N–H and O–H groups in total. The van der Waals surface area contributed by atoms with Crippen LogP contribution >= 0.6 is 15.9 Å². The van der Waals surface area contributed by atoms with Crippen molar-refractivity contribution >= 4 is 27.8 Å². The molecule has 1 amide bonds. The molecule has 1 saturated heterocycles. The first-order chi connectivity index (χ1) is 11.0. The van der Waals surface area contributed by atoms with Gasteiger partial charge in [-0.2, -0.15) is 0 Å². The summed E-state index contributed by atoms with van der Waals surface area (Å²) in [5.41, 5.74) is 1.12. The lowest BCUT2D eigenvalue weighted by molar-refractivity contribution is -0.150. The van der Waals surface area contributed by atoms with E-state index in [1.165, 1.54) is 0 Å². The zero-order valence-electron chi connectivity index (χ0n) is 13.7. The summed E-state index contributed by atoms with van der Waals surface area (Å²) in [5, 5.41) is 9.33. The maximum atomic E-state index is 12.9. The summed E-state index contributed by atoms with van der Waals surface area (Å²) in [5.74, 6) is -1.27. The van der Waals surface area contributed by atoms with Crippen LogP contribution in [0.4, 0.5) is 0 Å². The lowest BCUT2D eigenvalue weighted by Crippen LogP contribution is -2.51. The fourth-order valence-electron chi connectivity index (χ4n) is 3.35. The highest BCUT2D eigenvalue weighted by Gasteiger charge is 2.37. The zero-order valence-corrected chi connectivity index (χ0v) is 15.3. The number of amides is 1. The third kappa shape index (κ3) is 4.14. The molecular formula is C18H24BrNO3. The van der Waals surface area contributed by atoms with Gasteiger partial charge in [-0.3, -0.25) is 9.59 Å². The Kier molecular flexibility index (Phi) is 6.22. The van der Waals surface area contributed by atoms with Gasteiger partial charge in [-0.25, -0.2) is 0 Å². The summed E-state index contributed by atoms with van der Waals surface area (Å²) >= 11 is 3.54. The van der Waals surface area contributed by atoms with E-state index in [4.69, 9.17) is 0 Å². The van der Waals surface area contributed by atoms with Crippen LogP contribution in [0.3, 0.4) is 0 Å². The lowest BCUT2D eigenvalue weighted by atomic mass is 9.87. The number of carboxylic acid groups (broad SMARTS) is 1. The molecule has 0 aliphatic carbocycles. The molecule has 1 unspecified atom stereocenters. The number of piperidine rings is 1. The molecule has 1 aliphatic rings. The van der Waals surface area contributed by atoms with Gasteiger partial charge in [0.1, 0.15) is 0 Å². The number of carbonyl (C=O) groups is 2. The minimum Gasteiger partial charge on any atom is -0.481 e. The SMILES string of the molecule is CCC(Cc1ccccc1Br)C(=O)N1CCC[C@H](C(=O)O)[C@@H]1C. The molecule has 0 radical (unpaired) electrons. The van der Waals surface area contributed by atoms with Crippen molar-refractivity contribution < 1.29 is 14.7 Å². The lowest BCUT2D eigenvalue weighted by Gasteiger charge is -2.39. The van der Waals surface area contributed by atoms with E-state index in [0.29, 0.717) is 19.4 Å². The maximum Gasteiger partial charge on any atom is 0.308 e. The Morgan fingerprint density at radius 2 is 2.09 bits per heavy atom. The summed E-state index contributed by atoms with van der Waals surface area (Å²) in [6.45, 7) is 4.54. The summed E-state index contributed by atoms with van der Waals surface area (Å²) in [6, 6.07) is 7.71. The van der Waals surface area contributed by atoms with Gasteiger partial charge in [0.25, 0.3) is 0 Å². The molecule has 3 atom stereocenters. The van der Waals surface area contributed by atoms with Gasteiger partial charge in [-0.05, 0) is 44.2 Å². The molecule has 1 fully saturated rings. The third-order valence-corrected chi connectivity index (χ3v) is 5.63. The van der Waals surface area contributed by atoms with E-state index in [0.717, 1.165) is 22.9 Å². The van der Waals surface area contributed by atoms with E-state index in [9.17, 15) is 14.7 Å². The van der Waals surface area contributed by atoms with Gasteiger partial charge < -0.3 is 10.0 Å². The van der Waals surface area contributed by atoms with E-state index in [1.54, 1.807) is 4.90 Å². The van der Waals surface area contributed by atoms with Gasteiger partial charge in [0, 0.05) is 23.0 Å². The summed E-state index contributed by atoms with van der Waals surface area (Å²) in [7, 11) is 0. The number of hydrogen-bond acceptors (Lipinski definition) is 2. The minimum absolute atomic E-state index is 0.0849. The average Bonchev–Trinajstić information content (AvgIpc) is 2.53. The molecule has 1 aliphatic heterocycles. The normalized spacial score (nSPS) is 22.7. The van der Waals surface area contributed by atoms with Crippen LogP contribution in [0.1, 0.15) is 38.7 Å². The van der Waals surface area contributed by atoms with Crippen molar-refractivity contribution in [1.82, 2.24) is 4.90 Å². The molecule has 1 aromatic rings. The van der Waals surface area contributed by atoms with Crippen LogP contribution in [0.2, 0.25) is 0 Å². The molecule has 0 saturated carbocycles. The molecule has 1 heterocycles. The Labute approximate surface area is 146 Å². The average molecular weight is 382 g/mol. The number of carbonyl (C=O) groups excluding carboxylic acids is 1. The molecule has 126 valence electrons. The number of benzene rings is 1. The first-order valence-electron chi connectivity index (χ1n) is 8.22. The van der Waals surface area contributed by atoms with Crippen LogP contribution in [-0.4, -0.2) is 34.5 Å². The van der Waals surface area contributed by atoms with E-state index < -0.39 is 11.9 Å². The standard InChI is InChI=1S/C18H24BrNO3/c1-3-13(11-14-7-4-5-9-16(14)19)17(21)20-10-6-8-15(12(20)2)18(22)23/h4-5,7,9,12-13,15H,3,6,8,10-11H2,1-2H3,(H,22,23)/t12-,13?,15-/m0/s1. The highest BCUT2D eigenvalue weighted by Crippen LogP contribution is 2.28. The highest BCUT2D eigenvalue weighted by molar-refractivity contribution is 9.10. The molecule has 4 nitrogen and oxygen atoms in total. The summed E-state index contributed by atoms with van der Waals surface area (Å²) in [4.78, 5) is 26.1. The van der Waals surface area contributed by atoms with Crippen LogP contribution in [-0.2, 0) is 16.0 Å². The fraction of sp³-hybridized carbons (Fsp3) is 0.556. The minimum atomic E-state index is -0.797. The molecular weight excluding hydrogens is 358 g/mol. The number of carboxylic acids is 1. The number of rotatable bonds is 5. The van der Waals surface area contributed by atoms with E-state index >= 15 is 0 Å². The van der Waals surface area contributed by atoms with Gasteiger partial charge in [0.05, 0.1) is 5.92 Å². The van der Waals surface area contributed by atoms with Crippen molar-refractivity contribution in [2.45, 2.75) is 45.6 Å². The van der Waals surface area contributed by atoms with Crippen molar-refractivity contribution in [3.05, 3.63) is 34.3 Å². The summed E-state index contributed by atoms with van der Waals surface area (Å²) in [6.07, 6.45) is 2.85. The molecule has 1 aromatic carbocycles. The Hall–Kier alpha value is -1.36. The zero-order chi connectivity index (χ0) is 17.0. The Balaban J connectivity index is 2.13. The second-order valence-electron chi connectivity index (χ2n) is 6.26. The number of aliphatic carboxylic acids is 1. The van der Waals surface area contributed by atoms with Gasteiger partial charge in [-0.1, -0.05) is 41.1 Å². The second-order valence-corrected chi connectivity index (χ2v) is 7.11. The number of nitrogens with zero attached hydrogens (tertiary/aromatic N) is 1. The molecule has 5 heteroatoms. The van der Waals surface area contributed by atoms with E-state index in [1.807, 2.05) is 38.1 Å². The number of likely N-dealkylation sites (tertiary alicyclic amines) is 1. The van der Waals surface area contributed by atoms with Crippen molar-refractivity contribution in [3.63, 3.8) is 0 Å². The molecule has 0 aromatic heterocycles. The predicted molar refractivity (Wildman–Crippen MR) is 93.2 cm³/mol. The van der Waals surface area contributed by atoms with Crippen molar-refractivity contribution in [3.8, 4) is 0 Å². The molecule has 0 bridgehead atoms. The quantitative estimate of drug-likeness (QED) is 0.844. The Morgan fingerprint density at radius 3 is 2.70 bits per heavy atom. The van der Waals surface area contributed by atoms with Gasteiger partial charge in [0.2, 0.25) is 5.91 Å². The van der Waals surface area contributed by atoms with Gasteiger partial charge >= 0.3 is 5.97 Å². The van der Waals surface area contributed by atoms with E-state index in [-0.39, 0.29) is 17.9 Å². The number of halogens is 1. The smallest absolute Gasteiger partial charge is 0.308 e.